The lowest BCUT2D eigenvalue weighted by Gasteiger charge is -2.34. The summed E-state index contributed by atoms with van der Waals surface area (Å²) in [5.74, 6) is 1.07. The van der Waals surface area contributed by atoms with Crippen LogP contribution in [0.15, 0.2) is 47.3 Å². The average molecular weight is 493 g/mol. The molecule has 3 atom stereocenters. The van der Waals surface area contributed by atoms with Gasteiger partial charge in [0.15, 0.2) is 17.2 Å². The van der Waals surface area contributed by atoms with Crippen LogP contribution in [0.2, 0.25) is 0 Å². The van der Waals surface area contributed by atoms with Crippen LogP contribution in [0.25, 0.3) is 16.5 Å². The lowest BCUT2D eigenvalue weighted by atomic mass is 9.78. The molecule has 9 heteroatoms. The van der Waals surface area contributed by atoms with Crippen molar-refractivity contribution in [1.29, 1.82) is 0 Å². The maximum absolute atomic E-state index is 13.2. The number of fused-ring (bicyclic) bond motifs is 1. The topological polar surface area (TPSA) is 112 Å². The molecule has 190 valence electrons. The molecular formula is C27H32N4O5. The molecule has 0 spiro atoms. The Labute approximate surface area is 209 Å². The predicted octanol–water partition coefficient (Wildman–Crippen LogP) is 3.07. The highest BCUT2D eigenvalue weighted by Gasteiger charge is 2.28. The minimum Gasteiger partial charge on any atom is -0.493 e. The van der Waals surface area contributed by atoms with Crippen molar-refractivity contribution in [3.8, 4) is 17.2 Å². The highest BCUT2D eigenvalue weighted by Crippen LogP contribution is 2.30. The lowest BCUT2D eigenvalue weighted by molar-refractivity contribution is -0.121. The van der Waals surface area contributed by atoms with Crippen LogP contribution in [0.4, 0.5) is 0 Å². The molecule has 1 aromatic heterocycles. The van der Waals surface area contributed by atoms with Gasteiger partial charge in [-0.05, 0) is 36.5 Å². The standard InChI is InChI=1S/C27H32N4O5/c1-16-8-7-11-21(17(16)2)29-24(32)15-28-26(33)25-19-9-5-6-10-20(19)27(34)31(30-25)18-12-13-22(35-3)23(14-18)36-4/h5-6,9-10,12-14,16-17,21H,7-8,11,15H2,1-4H3,(H,28,33)(H,29,32)/t16-,17-,21-/m1/s1. The molecule has 0 unspecified atom stereocenters. The number of methoxy groups -OCH3 is 2. The molecule has 1 aliphatic carbocycles. The number of nitrogens with zero attached hydrogens (tertiary/aromatic N) is 2. The average Bonchev–Trinajstić information content (AvgIpc) is 2.90. The molecule has 1 aliphatic rings. The van der Waals surface area contributed by atoms with Crippen molar-refractivity contribution in [2.75, 3.05) is 20.8 Å². The van der Waals surface area contributed by atoms with Gasteiger partial charge in [0, 0.05) is 17.5 Å². The van der Waals surface area contributed by atoms with Crippen molar-refractivity contribution in [2.24, 2.45) is 11.8 Å². The second kappa shape index (κ2) is 10.8. The molecule has 0 aliphatic heterocycles. The first-order valence-electron chi connectivity index (χ1n) is 12.2. The Bertz CT molecular complexity index is 1340. The van der Waals surface area contributed by atoms with Crippen LogP contribution in [0.5, 0.6) is 11.5 Å². The molecule has 1 heterocycles. The third kappa shape index (κ3) is 5.05. The van der Waals surface area contributed by atoms with E-state index in [1.54, 1.807) is 42.5 Å². The number of nitrogens with one attached hydrogen (secondary N) is 2. The highest BCUT2D eigenvalue weighted by atomic mass is 16.5. The third-order valence-electron chi connectivity index (χ3n) is 7.09. The summed E-state index contributed by atoms with van der Waals surface area (Å²) in [6.45, 7) is 4.18. The number of benzene rings is 2. The second-order valence-corrected chi connectivity index (χ2v) is 9.27. The van der Waals surface area contributed by atoms with Gasteiger partial charge in [-0.3, -0.25) is 14.4 Å². The molecule has 1 saturated carbocycles. The van der Waals surface area contributed by atoms with Crippen molar-refractivity contribution in [3.05, 3.63) is 58.5 Å². The number of hydrogen-bond donors (Lipinski definition) is 2. The predicted molar refractivity (Wildman–Crippen MR) is 137 cm³/mol. The van der Waals surface area contributed by atoms with Gasteiger partial charge in [0.25, 0.3) is 11.5 Å². The SMILES string of the molecule is COc1ccc(-n2nc(C(=O)NCC(=O)N[C@@H]3CCC[C@@H](C)[C@H]3C)c3ccccc3c2=O)cc1OC. The number of ether oxygens (including phenoxy) is 2. The van der Waals surface area contributed by atoms with E-state index in [9.17, 15) is 14.4 Å². The normalized spacial score (nSPS) is 19.5. The van der Waals surface area contributed by atoms with Crippen LogP contribution in [-0.4, -0.2) is 48.4 Å². The van der Waals surface area contributed by atoms with Gasteiger partial charge in [-0.1, -0.05) is 44.9 Å². The Morgan fingerprint density at radius 1 is 1.03 bits per heavy atom. The monoisotopic (exact) mass is 492 g/mol. The zero-order chi connectivity index (χ0) is 25.8. The Morgan fingerprint density at radius 2 is 1.75 bits per heavy atom. The van der Waals surface area contributed by atoms with Gasteiger partial charge >= 0.3 is 0 Å². The van der Waals surface area contributed by atoms with Crippen molar-refractivity contribution in [1.82, 2.24) is 20.4 Å². The van der Waals surface area contributed by atoms with Crippen molar-refractivity contribution < 1.29 is 19.1 Å². The van der Waals surface area contributed by atoms with Crippen LogP contribution in [-0.2, 0) is 4.79 Å². The molecular weight excluding hydrogens is 460 g/mol. The van der Waals surface area contributed by atoms with Gasteiger partial charge in [0.2, 0.25) is 5.91 Å². The summed E-state index contributed by atoms with van der Waals surface area (Å²) in [5, 5.41) is 10.9. The molecule has 36 heavy (non-hydrogen) atoms. The number of hydrogen-bond acceptors (Lipinski definition) is 6. The molecule has 4 rings (SSSR count). The van der Waals surface area contributed by atoms with Crippen molar-refractivity contribution in [3.63, 3.8) is 0 Å². The van der Waals surface area contributed by atoms with Crippen LogP contribution in [0, 0.1) is 11.8 Å². The first-order chi connectivity index (χ1) is 17.3. The van der Waals surface area contributed by atoms with Crippen LogP contribution in [0.1, 0.15) is 43.6 Å². The summed E-state index contributed by atoms with van der Waals surface area (Å²) < 4.78 is 11.8. The van der Waals surface area contributed by atoms with E-state index < -0.39 is 5.91 Å². The molecule has 9 nitrogen and oxygen atoms in total. The first-order valence-corrected chi connectivity index (χ1v) is 12.2. The summed E-state index contributed by atoms with van der Waals surface area (Å²) in [5.41, 5.74) is 0.0792. The fourth-order valence-electron chi connectivity index (χ4n) is 4.78. The third-order valence-corrected chi connectivity index (χ3v) is 7.09. The first kappa shape index (κ1) is 25.2. The summed E-state index contributed by atoms with van der Waals surface area (Å²) in [4.78, 5) is 39.0. The Balaban J connectivity index is 1.60. The molecule has 3 aromatic rings. The second-order valence-electron chi connectivity index (χ2n) is 9.27. The number of carbonyl (C=O) groups excluding carboxylic acids is 2. The van der Waals surface area contributed by atoms with Crippen LogP contribution >= 0.6 is 0 Å². The summed E-state index contributed by atoms with van der Waals surface area (Å²) >= 11 is 0. The summed E-state index contributed by atoms with van der Waals surface area (Å²) in [7, 11) is 3.02. The number of aromatic nitrogens is 2. The van der Waals surface area contributed by atoms with Crippen LogP contribution in [0.3, 0.4) is 0 Å². The highest BCUT2D eigenvalue weighted by molar-refractivity contribution is 6.05. The lowest BCUT2D eigenvalue weighted by Crippen LogP contribution is -2.47. The van der Waals surface area contributed by atoms with E-state index in [0.717, 1.165) is 17.5 Å². The van der Waals surface area contributed by atoms with Crippen molar-refractivity contribution in [2.45, 2.75) is 39.2 Å². The Hall–Kier alpha value is -3.88. The van der Waals surface area contributed by atoms with E-state index in [0.29, 0.717) is 39.8 Å². The van der Waals surface area contributed by atoms with E-state index in [2.05, 4.69) is 29.6 Å². The van der Waals surface area contributed by atoms with Gasteiger partial charge in [-0.2, -0.15) is 9.78 Å². The van der Waals surface area contributed by atoms with E-state index in [-0.39, 0.29) is 29.7 Å². The molecule has 0 bridgehead atoms. The minimum atomic E-state index is -0.541. The van der Waals surface area contributed by atoms with Gasteiger partial charge in [-0.25, -0.2) is 0 Å². The Morgan fingerprint density at radius 3 is 2.47 bits per heavy atom. The Kier molecular flexibility index (Phi) is 7.57. The summed E-state index contributed by atoms with van der Waals surface area (Å²) in [6.07, 6.45) is 3.18. The van der Waals surface area contributed by atoms with Crippen molar-refractivity contribution >= 4 is 22.6 Å². The van der Waals surface area contributed by atoms with E-state index in [4.69, 9.17) is 9.47 Å². The molecule has 1 fully saturated rings. The smallest absolute Gasteiger partial charge is 0.279 e. The zero-order valence-electron chi connectivity index (χ0n) is 21.0. The molecule has 2 aromatic carbocycles. The largest absolute Gasteiger partial charge is 0.493 e. The maximum Gasteiger partial charge on any atom is 0.279 e. The molecule has 2 N–H and O–H groups in total. The van der Waals surface area contributed by atoms with Gasteiger partial charge < -0.3 is 20.1 Å². The quantitative estimate of drug-likeness (QED) is 0.524. The number of amides is 2. The maximum atomic E-state index is 13.2. The van der Waals surface area contributed by atoms with E-state index in [1.807, 2.05) is 0 Å². The van der Waals surface area contributed by atoms with Crippen LogP contribution < -0.4 is 25.7 Å². The number of carbonyl (C=O) groups is 2. The van der Waals surface area contributed by atoms with E-state index >= 15 is 0 Å². The molecule has 2 amide bonds. The molecule has 0 radical (unpaired) electrons. The molecule has 0 saturated heterocycles. The minimum absolute atomic E-state index is 0.0486. The van der Waals surface area contributed by atoms with Gasteiger partial charge in [-0.15, -0.1) is 0 Å². The zero-order valence-corrected chi connectivity index (χ0v) is 21.0. The van der Waals surface area contributed by atoms with E-state index in [1.165, 1.54) is 20.6 Å². The van der Waals surface area contributed by atoms with Gasteiger partial charge in [0.05, 0.1) is 31.8 Å². The van der Waals surface area contributed by atoms with Gasteiger partial charge in [0.1, 0.15) is 0 Å². The fourth-order valence-corrected chi connectivity index (χ4v) is 4.78. The summed E-state index contributed by atoms with van der Waals surface area (Å²) in [6, 6.07) is 11.8. The fraction of sp³-hybridized carbons (Fsp3) is 0.407. The number of rotatable bonds is 7.